The predicted octanol–water partition coefficient (Wildman–Crippen LogP) is 2.15. The van der Waals surface area contributed by atoms with Crippen molar-refractivity contribution in [1.82, 2.24) is 0 Å². The van der Waals surface area contributed by atoms with Crippen LogP contribution in [0.15, 0.2) is 27.4 Å². The molecule has 1 unspecified atom stereocenters. The molecule has 1 rings (SSSR count). The van der Waals surface area contributed by atoms with Gasteiger partial charge in [0.2, 0.25) is 0 Å². The molecule has 0 radical (unpaired) electrons. The second-order valence-electron chi connectivity index (χ2n) is 1.58. The van der Waals surface area contributed by atoms with E-state index in [9.17, 15) is 0 Å². The second kappa shape index (κ2) is 3.90. The normalized spacial score (nSPS) is 25.2. The first-order valence-corrected chi connectivity index (χ1v) is 5.30. The Balaban J connectivity index is 2.55. The first-order valence-electron chi connectivity index (χ1n) is 2.71. The number of hydrogen-bond acceptors (Lipinski definition) is 2. The van der Waals surface area contributed by atoms with Crippen molar-refractivity contribution >= 4 is 22.6 Å². The molecule has 3 heteroatoms. The van der Waals surface area contributed by atoms with Gasteiger partial charge < -0.3 is 0 Å². The Hall–Kier alpha value is -0.0200. The average molecular weight is 159 g/mol. The summed E-state index contributed by atoms with van der Waals surface area (Å²) >= 11 is 1.56. The number of nitrogens with zero attached hydrogens (tertiary/aromatic N) is 1. The van der Waals surface area contributed by atoms with Gasteiger partial charge in [-0.15, -0.1) is 0 Å². The second-order valence-corrected chi connectivity index (χ2v) is 3.95. The molecule has 1 aliphatic heterocycles. The van der Waals surface area contributed by atoms with Crippen molar-refractivity contribution in [2.75, 3.05) is 12.0 Å². The summed E-state index contributed by atoms with van der Waals surface area (Å²) in [5.74, 6) is 1.09. The molecule has 1 nitrogen and oxygen atoms in total. The smallest absolute Gasteiger partial charge is 0.0274 e. The highest BCUT2D eigenvalue weighted by Crippen LogP contribution is 2.05. The van der Waals surface area contributed by atoms with Gasteiger partial charge in [0.15, 0.2) is 0 Å². The topological polar surface area (TPSA) is 12.4 Å². The van der Waals surface area contributed by atoms with Gasteiger partial charge in [-0.2, -0.15) is 3.77 Å². The van der Waals surface area contributed by atoms with E-state index in [1.807, 2.05) is 6.26 Å². The Morgan fingerprint density at radius 1 is 1.56 bits per heavy atom. The van der Waals surface area contributed by atoms with Crippen LogP contribution in [-0.2, 0) is 10.7 Å². The molecule has 0 N–H and O–H groups in total. The van der Waals surface area contributed by atoms with E-state index in [-0.39, 0.29) is 10.7 Å². The largest absolute Gasteiger partial charge is 0.191 e. The third kappa shape index (κ3) is 2.37. The van der Waals surface area contributed by atoms with Gasteiger partial charge in [0.05, 0.1) is 0 Å². The quantitative estimate of drug-likeness (QED) is 0.534. The van der Waals surface area contributed by atoms with Crippen LogP contribution in [0.1, 0.15) is 0 Å². The number of allylic oxidation sites excluding steroid dienone is 2. The summed E-state index contributed by atoms with van der Waals surface area (Å²) < 4.78 is 4.29. The monoisotopic (exact) mass is 159 g/mol. The van der Waals surface area contributed by atoms with Crippen molar-refractivity contribution in [3.8, 4) is 0 Å². The highest BCUT2D eigenvalue weighted by Gasteiger charge is 1.89. The fraction of sp³-hybridized carbons (Fsp3) is 0.333. The van der Waals surface area contributed by atoms with Gasteiger partial charge in [-0.25, -0.2) is 0 Å². The van der Waals surface area contributed by atoms with Crippen LogP contribution in [-0.4, -0.2) is 12.0 Å². The van der Waals surface area contributed by atoms with Gasteiger partial charge in [-0.3, -0.25) is 0 Å². The third-order valence-corrected chi connectivity index (χ3v) is 3.29. The van der Waals surface area contributed by atoms with E-state index in [1.54, 1.807) is 11.9 Å². The summed E-state index contributed by atoms with van der Waals surface area (Å²) in [5, 5.41) is 2.15. The van der Waals surface area contributed by atoms with Crippen molar-refractivity contribution in [2.24, 2.45) is 3.77 Å². The molecular weight excluding hydrogens is 150 g/mol. The fourth-order valence-electron chi connectivity index (χ4n) is 0.575. The van der Waals surface area contributed by atoms with Crippen LogP contribution in [0.25, 0.3) is 0 Å². The molecule has 0 aromatic carbocycles. The molecule has 9 heavy (non-hydrogen) atoms. The lowest BCUT2D eigenvalue weighted by Gasteiger charge is -1.98. The van der Waals surface area contributed by atoms with Crippen molar-refractivity contribution in [3.05, 3.63) is 23.6 Å². The lowest BCUT2D eigenvalue weighted by Crippen LogP contribution is -1.90. The van der Waals surface area contributed by atoms with E-state index in [1.165, 1.54) is 0 Å². The van der Waals surface area contributed by atoms with Gasteiger partial charge in [0.1, 0.15) is 0 Å². The third-order valence-electron chi connectivity index (χ3n) is 0.920. The summed E-state index contributed by atoms with van der Waals surface area (Å²) in [5.41, 5.74) is 0. The Morgan fingerprint density at radius 3 is 3.00 bits per heavy atom. The predicted molar refractivity (Wildman–Crippen MR) is 46.5 cm³/mol. The van der Waals surface area contributed by atoms with Crippen LogP contribution in [0.3, 0.4) is 0 Å². The fourth-order valence-corrected chi connectivity index (χ4v) is 2.47. The Labute approximate surface area is 62.5 Å². The molecule has 0 aliphatic carbocycles. The van der Waals surface area contributed by atoms with Crippen LogP contribution >= 0.6 is 11.9 Å². The molecule has 0 aromatic heterocycles. The van der Waals surface area contributed by atoms with Crippen molar-refractivity contribution in [1.29, 1.82) is 0 Å². The minimum Gasteiger partial charge on any atom is -0.191 e. The molecule has 1 atom stereocenters. The highest BCUT2D eigenvalue weighted by molar-refractivity contribution is 8.05. The molecule has 1 heterocycles. The SMILES string of the molecule is CSN=S1C=CC=CC1. The molecule has 0 amide bonds. The molecule has 0 saturated carbocycles. The molecule has 1 aliphatic rings. The van der Waals surface area contributed by atoms with E-state index >= 15 is 0 Å². The zero-order chi connectivity index (χ0) is 6.53. The van der Waals surface area contributed by atoms with Crippen LogP contribution in [0.5, 0.6) is 0 Å². The standard InChI is InChI=1S/C6H9NS2/c1-8-7-9-5-3-2-4-6-9/h2-5H,6H2,1H3. The van der Waals surface area contributed by atoms with Gasteiger partial charge in [-0.05, 0) is 17.4 Å². The zero-order valence-electron chi connectivity index (χ0n) is 5.28. The lowest BCUT2D eigenvalue weighted by molar-refractivity contribution is 1.71. The first kappa shape index (κ1) is 7.09. The maximum atomic E-state index is 4.29. The van der Waals surface area contributed by atoms with Crippen molar-refractivity contribution in [2.45, 2.75) is 0 Å². The van der Waals surface area contributed by atoms with Crippen LogP contribution in [0.2, 0.25) is 0 Å². The molecule has 0 bridgehead atoms. The van der Waals surface area contributed by atoms with Crippen LogP contribution in [0, 0.1) is 0 Å². The Bertz CT molecular complexity index is 170. The Morgan fingerprint density at radius 2 is 2.44 bits per heavy atom. The van der Waals surface area contributed by atoms with Crippen LogP contribution in [0.4, 0.5) is 0 Å². The van der Waals surface area contributed by atoms with Gasteiger partial charge in [0, 0.05) is 12.0 Å². The summed E-state index contributed by atoms with van der Waals surface area (Å²) in [7, 11) is 0.176. The minimum atomic E-state index is 0.176. The summed E-state index contributed by atoms with van der Waals surface area (Å²) in [6.45, 7) is 0. The maximum Gasteiger partial charge on any atom is 0.0274 e. The molecule has 0 saturated heterocycles. The average Bonchev–Trinajstić information content (AvgIpc) is 1.91. The van der Waals surface area contributed by atoms with Gasteiger partial charge >= 0.3 is 0 Å². The summed E-state index contributed by atoms with van der Waals surface area (Å²) in [6.07, 6.45) is 8.29. The van der Waals surface area contributed by atoms with Gasteiger partial charge in [-0.1, -0.05) is 28.9 Å². The molecule has 0 spiro atoms. The molecular formula is C6H9NS2. The minimum absolute atomic E-state index is 0.176. The number of hydrogen-bond donors (Lipinski definition) is 0. The molecule has 50 valence electrons. The van der Waals surface area contributed by atoms with Gasteiger partial charge in [0.25, 0.3) is 0 Å². The zero-order valence-corrected chi connectivity index (χ0v) is 6.91. The summed E-state index contributed by atoms with van der Waals surface area (Å²) in [4.78, 5) is 0. The van der Waals surface area contributed by atoms with Crippen molar-refractivity contribution < 1.29 is 0 Å². The highest BCUT2D eigenvalue weighted by atomic mass is 32.2. The Kier molecular flexibility index (Phi) is 3.08. The first-order chi connectivity index (χ1) is 4.43. The van der Waals surface area contributed by atoms with E-state index in [2.05, 4.69) is 27.4 Å². The van der Waals surface area contributed by atoms with E-state index in [0.29, 0.717) is 0 Å². The molecule has 0 fully saturated rings. The maximum absolute atomic E-state index is 4.29. The molecule has 0 aromatic rings. The van der Waals surface area contributed by atoms with Crippen LogP contribution < -0.4 is 0 Å². The summed E-state index contributed by atoms with van der Waals surface area (Å²) in [6, 6.07) is 0. The van der Waals surface area contributed by atoms with E-state index < -0.39 is 0 Å². The van der Waals surface area contributed by atoms with Crippen molar-refractivity contribution in [3.63, 3.8) is 0 Å². The van der Waals surface area contributed by atoms with E-state index in [0.717, 1.165) is 5.75 Å². The lowest BCUT2D eigenvalue weighted by atomic mass is 10.5. The van der Waals surface area contributed by atoms with E-state index in [4.69, 9.17) is 0 Å². The number of rotatable bonds is 1.